The molecule has 0 saturated carbocycles. The predicted molar refractivity (Wildman–Crippen MR) is 143 cm³/mol. The number of aliphatic imine (C=N–C) groups is 1. The van der Waals surface area contributed by atoms with Gasteiger partial charge < -0.3 is 4.90 Å². The van der Waals surface area contributed by atoms with Gasteiger partial charge in [0.2, 0.25) is 25.8 Å². The summed E-state index contributed by atoms with van der Waals surface area (Å²) in [5, 5.41) is -0.144. The lowest BCUT2D eigenvalue weighted by Gasteiger charge is -2.33. The lowest BCUT2D eigenvalue weighted by molar-refractivity contribution is -0.132. The number of nitrogens with zero attached hydrogens (tertiary/aromatic N) is 2. The number of ketones is 1. The highest BCUT2D eigenvalue weighted by atomic mass is 35.5. The topological polar surface area (TPSA) is 130 Å². The minimum Gasteiger partial charge on any atom is -0.327 e. The maximum Gasteiger partial charge on any atom is 0.240 e. The van der Waals surface area contributed by atoms with Crippen LogP contribution in [-0.2, 0) is 36.0 Å². The van der Waals surface area contributed by atoms with E-state index in [1.54, 1.807) is 20.8 Å². The number of hydrogen-bond donors (Lipinski definition) is 1. The molecule has 0 spiro atoms. The van der Waals surface area contributed by atoms with Crippen molar-refractivity contribution < 1.29 is 30.8 Å². The van der Waals surface area contributed by atoms with E-state index in [4.69, 9.17) is 23.2 Å². The van der Waals surface area contributed by atoms with Gasteiger partial charge in [0.1, 0.15) is 11.7 Å². The number of carbonyl (C=O) groups is 2. The van der Waals surface area contributed by atoms with Crippen molar-refractivity contribution in [1.29, 1.82) is 0 Å². The SMILES string of the molecule is CC(C)(C)[C@H]1C(=O)C(C2=Nc3ccc(NS(C)(=O)=O)cc3S(=O)(=O)C2Cl)C(=O)N1Cc1ccc(F)c(Cl)c1. The number of carbonyl (C=O) groups excluding carboxylic acids is 2. The fraction of sp³-hybridized carbons (Fsp3) is 0.375. The first-order valence-corrected chi connectivity index (χ1v) is 15.5. The first kappa shape index (κ1) is 28.5. The van der Waals surface area contributed by atoms with Crippen LogP contribution in [0.25, 0.3) is 0 Å². The summed E-state index contributed by atoms with van der Waals surface area (Å²) in [5.41, 5.74) is -0.683. The number of halogens is 3. The van der Waals surface area contributed by atoms with Crippen LogP contribution in [0.15, 0.2) is 46.3 Å². The molecule has 2 aliphatic heterocycles. The van der Waals surface area contributed by atoms with Crippen LogP contribution in [0.5, 0.6) is 0 Å². The van der Waals surface area contributed by atoms with Crippen LogP contribution < -0.4 is 4.72 Å². The number of alkyl halides is 1. The summed E-state index contributed by atoms with van der Waals surface area (Å²) in [6.07, 6.45) is 0.913. The fourth-order valence-electron chi connectivity index (χ4n) is 4.66. The Balaban J connectivity index is 1.79. The average Bonchev–Trinajstić information content (AvgIpc) is 3.02. The van der Waals surface area contributed by atoms with Crippen LogP contribution >= 0.6 is 23.2 Å². The molecule has 3 atom stereocenters. The molecule has 0 bridgehead atoms. The molecular weight excluding hydrogens is 580 g/mol. The molecule has 204 valence electrons. The zero-order valence-electron chi connectivity index (χ0n) is 20.7. The van der Waals surface area contributed by atoms with Crippen molar-refractivity contribution in [3.8, 4) is 0 Å². The molecule has 0 aliphatic carbocycles. The smallest absolute Gasteiger partial charge is 0.240 e. The van der Waals surface area contributed by atoms with Crippen molar-refractivity contribution in [2.45, 2.75) is 43.0 Å². The zero-order valence-corrected chi connectivity index (χ0v) is 23.8. The second kappa shape index (κ2) is 9.58. The molecule has 4 rings (SSSR count). The lowest BCUT2D eigenvalue weighted by Crippen LogP contribution is -2.44. The third-order valence-corrected chi connectivity index (χ3v) is 9.72. The van der Waals surface area contributed by atoms with Gasteiger partial charge >= 0.3 is 0 Å². The number of rotatable bonds is 5. The molecule has 0 aromatic heterocycles. The van der Waals surface area contributed by atoms with Crippen LogP contribution in [0.1, 0.15) is 26.3 Å². The van der Waals surface area contributed by atoms with Gasteiger partial charge in [0.15, 0.2) is 10.5 Å². The van der Waals surface area contributed by atoms with Crippen molar-refractivity contribution in [2.24, 2.45) is 16.3 Å². The van der Waals surface area contributed by atoms with Gasteiger partial charge in [0.25, 0.3) is 0 Å². The van der Waals surface area contributed by atoms with Crippen LogP contribution in [-0.4, -0.2) is 56.1 Å². The van der Waals surface area contributed by atoms with Gasteiger partial charge in [0.05, 0.1) is 33.6 Å². The van der Waals surface area contributed by atoms with Crippen LogP contribution in [0.4, 0.5) is 15.8 Å². The molecule has 2 aliphatic rings. The van der Waals surface area contributed by atoms with Crippen molar-refractivity contribution in [2.75, 3.05) is 11.0 Å². The molecule has 38 heavy (non-hydrogen) atoms. The monoisotopic (exact) mass is 603 g/mol. The maximum atomic E-state index is 13.7. The van der Waals surface area contributed by atoms with Gasteiger partial charge in [-0.1, -0.05) is 50.0 Å². The first-order chi connectivity index (χ1) is 17.4. The first-order valence-electron chi connectivity index (χ1n) is 11.3. The Bertz CT molecular complexity index is 1600. The van der Waals surface area contributed by atoms with Crippen LogP contribution in [0, 0.1) is 17.2 Å². The quantitative estimate of drug-likeness (QED) is 0.407. The summed E-state index contributed by atoms with van der Waals surface area (Å²) < 4.78 is 63.9. The van der Waals surface area contributed by atoms with Gasteiger partial charge in [-0.15, -0.1) is 0 Å². The van der Waals surface area contributed by atoms with Gasteiger partial charge in [-0.3, -0.25) is 19.3 Å². The van der Waals surface area contributed by atoms with E-state index in [9.17, 15) is 30.8 Å². The van der Waals surface area contributed by atoms with E-state index in [0.29, 0.717) is 5.56 Å². The van der Waals surface area contributed by atoms with Gasteiger partial charge in [-0.2, -0.15) is 0 Å². The minimum absolute atomic E-state index is 0.0118. The Morgan fingerprint density at radius 2 is 1.79 bits per heavy atom. The van der Waals surface area contributed by atoms with E-state index in [1.807, 2.05) is 0 Å². The number of sulfonamides is 1. The Kier molecular flexibility index (Phi) is 7.18. The minimum atomic E-state index is -4.35. The summed E-state index contributed by atoms with van der Waals surface area (Å²) in [6.45, 7) is 5.21. The molecule has 14 heteroatoms. The Morgan fingerprint density at radius 3 is 2.37 bits per heavy atom. The van der Waals surface area contributed by atoms with E-state index < -0.39 is 59.5 Å². The molecule has 2 aromatic rings. The van der Waals surface area contributed by atoms with E-state index >= 15 is 0 Å². The van der Waals surface area contributed by atoms with Crippen molar-refractivity contribution in [3.05, 3.63) is 52.8 Å². The van der Waals surface area contributed by atoms with Crippen molar-refractivity contribution in [1.82, 2.24) is 4.90 Å². The van der Waals surface area contributed by atoms with E-state index in [-0.39, 0.29) is 33.5 Å². The second-order valence-electron chi connectivity index (χ2n) is 10.3. The molecule has 1 N–H and O–H groups in total. The molecule has 0 radical (unpaired) electrons. The van der Waals surface area contributed by atoms with Crippen LogP contribution in [0.3, 0.4) is 0 Å². The van der Waals surface area contributed by atoms with E-state index in [1.165, 1.54) is 29.2 Å². The number of amides is 1. The molecule has 1 fully saturated rings. The number of anilines is 1. The number of fused-ring (bicyclic) bond motifs is 1. The van der Waals surface area contributed by atoms with Crippen molar-refractivity contribution in [3.63, 3.8) is 0 Å². The lowest BCUT2D eigenvalue weighted by atomic mass is 9.82. The summed E-state index contributed by atoms with van der Waals surface area (Å²) in [4.78, 5) is 32.7. The third kappa shape index (κ3) is 5.18. The largest absolute Gasteiger partial charge is 0.327 e. The summed E-state index contributed by atoms with van der Waals surface area (Å²) in [5.74, 6) is -3.44. The van der Waals surface area contributed by atoms with E-state index in [2.05, 4.69) is 9.71 Å². The number of hydrogen-bond acceptors (Lipinski definition) is 7. The number of nitrogens with one attached hydrogen (secondary N) is 1. The molecule has 2 unspecified atom stereocenters. The van der Waals surface area contributed by atoms with E-state index in [0.717, 1.165) is 18.4 Å². The predicted octanol–water partition coefficient (Wildman–Crippen LogP) is 3.92. The van der Waals surface area contributed by atoms with Crippen LogP contribution in [0.2, 0.25) is 5.02 Å². The molecule has 1 saturated heterocycles. The molecule has 9 nitrogen and oxygen atoms in total. The fourth-order valence-corrected chi connectivity index (χ4v) is 7.31. The molecular formula is C24H24Cl2FN3O6S2. The Hall–Kier alpha value is -2.54. The van der Waals surface area contributed by atoms with Gasteiger partial charge in [-0.25, -0.2) is 21.2 Å². The average molecular weight is 605 g/mol. The second-order valence-corrected chi connectivity index (χ2v) is 15.1. The number of likely N-dealkylation sites (tertiary alicyclic amines) is 1. The molecule has 1 amide bonds. The number of Topliss-reactive ketones (excluding diaryl/α,β-unsaturated/α-hetero) is 1. The summed E-state index contributed by atoms with van der Waals surface area (Å²) in [7, 11) is -8.04. The Morgan fingerprint density at radius 1 is 1.13 bits per heavy atom. The standard InChI is InChI=1S/C24H24Cl2FN3O6S2/c1-24(2,3)21-20(31)18(23(32)30(21)11-12-5-7-15(27)14(25)9-12)19-22(26)38(35,36)17-10-13(29-37(4,33)34)6-8-16(17)28-19/h5-10,18,21-22,29H,11H2,1-4H3/t18?,21-,22?/m1/s1. The summed E-state index contributed by atoms with van der Waals surface area (Å²) in [6, 6.07) is 6.66. The molecule has 2 aromatic carbocycles. The zero-order chi connectivity index (χ0) is 28.4. The summed E-state index contributed by atoms with van der Waals surface area (Å²) >= 11 is 12.3. The highest BCUT2D eigenvalue weighted by Crippen LogP contribution is 2.42. The number of benzene rings is 2. The molecule has 2 heterocycles. The normalized spacial score (nSPS) is 23.3. The third-order valence-electron chi connectivity index (χ3n) is 6.17. The van der Waals surface area contributed by atoms with Gasteiger partial charge in [0, 0.05) is 12.2 Å². The number of sulfone groups is 1. The maximum absolute atomic E-state index is 13.7. The highest BCUT2D eigenvalue weighted by molar-refractivity contribution is 7.94. The van der Waals surface area contributed by atoms with Crippen molar-refractivity contribution >= 4 is 71.8 Å². The highest BCUT2D eigenvalue weighted by Gasteiger charge is 2.56. The van der Waals surface area contributed by atoms with Gasteiger partial charge in [-0.05, 0) is 41.3 Å². The Labute approximate surface area is 230 Å².